The predicted octanol–water partition coefficient (Wildman–Crippen LogP) is 8.22. The van der Waals surface area contributed by atoms with Crippen LogP contribution < -0.4 is 4.90 Å². The smallest absolute Gasteiger partial charge is 0.368 e. The number of rotatable bonds is 12. The minimum Gasteiger partial charge on any atom is -0.460 e. The molecule has 0 atom stereocenters. The molecule has 1 aliphatic heterocycles. The number of esters is 2. The lowest BCUT2D eigenvalue weighted by atomic mass is 9.73. The van der Waals surface area contributed by atoms with Gasteiger partial charge in [-0.2, -0.15) is 0 Å². The summed E-state index contributed by atoms with van der Waals surface area (Å²) in [5.74, 6) is -1.20. The van der Waals surface area contributed by atoms with Crippen LogP contribution in [-0.4, -0.2) is 49.9 Å². The summed E-state index contributed by atoms with van der Waals surface area (Å²) < 4.78 is 11.1. The van der Waals surface area contributed by atoms with Crippen LogP contribution in [0.1, 0.15) is 58.5 Å². The summed E-state index contributed by atoms with van der Waals surface area (Å²) in [6.45, 7) is 5.54. The van der Waals surface area contributed by atoms with Crippen molar-refractivity contribution in [2.24, 2.45) is 10.6 Å². The third-order valence-corrected chi connectivity index (χ3v) is 8.70. The minimum absolute atomic E-state index is 0.0697. The number of anilines is 1. The van der Waals surface area contributed by atoms with E-state index < -0.39 is 5.97 Å². The summed E-state index contributed by atoms with van der Waals surface area (Å²) in [7, 11) is 0. The maximum absolute atomic E-state index is 12.9. The number of oxime groups is 1. The number of carbonyl (C=O) groups is 3. The summed E-state index contributed by atoms with van der Waals surface area (Å²) in [6, 6.07) is 35.4. The molecule has 8 heteroatoms. The van der Waals surface area contributed by atoms with Crippen LogP contribution in [0.3, 0.4) is 0 Å². The lowest BCUT2D eigenvalue weighted by molar-refractivity contribution is -0.136. The number of benzene rings is 4. The lowest BCUT2D eigenvalue weighted by Crippen LogP contribution is -2.32. The Kier molecular flexibility index (Phi) is 11.0. The number of allylic oxidation sites excluding steroid dienone is 4. The molecule has 0 spiro atoms. The van der Waals surface area contributed by atoms with E-state index in [0.29, 0.717) is 35.5 Å². The molecule has 0 aromatic heterocycles. The second-order valence-corrected chi connectivity index (χ2v) is 13.2. The summed E-state index contributed by atoms with van der Waals surface area (Å²) in [5, 5.41) is 4.12. The molecule has 0 bridgehead atoms. The van der Waals surface area contributed by atoms with E-state index in [9.17, 15) is 14.4 Å². The fourth-order valence-corrected chi connectivity index (χ4v) is 6.26. The highest BCUT2D eigenvalue weighted by Gasteiger charge is 2.34. The monoisotopic (exact) mass is 680 g/mol. The lowest BCUT2D eigenvalue weighted by Gasteiger charge is -2.31. The van der Waals surface area contributed by atoms with E-state index in [2.05, 4.69) is 37.2 Å². The normalized spacial score (nSPS) is 16.6. The quantitative estimate of drug-likeness (QED) is 0.0846. The fourth-order valence-electron chi connectivity index (χ4n) is 6.26. The molecule has 0 fully saturated rings. The largest absolute Gasteiger partial charge is 0.460 e. The Balaban J connectivity index is 1.16. The number of hydrogen-bond donors (Lipinski definition) is 0. The highest BCUT2D eigenvalue weighted by atomic mass is 16.7. The zero-order chi connectivity index (χ0) is 35.6. The summed E-state index contributed by atoms with van der Waals surface area (Å²) in [5.41, 5.74) is 6.76. The van der Waals surface area contributed by atoms with Crippen LogP contribution in [0.2, 0.25) is 0 Å². The zero-order valence-electron chi connectivity index (χ0n) is 28.8. The molecule has 0 radical (unpaired) electrons. The Bertz CT molecular complexity index is 1920. The van der Waals surface area contributed by atoms with E-state index in [1.807, 2.05) is 71.6 Å². The molecule has 2 aliphatic rings. The van der Waals surface area contributed by atoms with Crippen molar-refractivity contribution in [1.29, 1.82) is 0 Å². The van der Waals surface area contributed by atoms with Gasteiger partial charge in [-0.15, -0.1) is 0 Å². The third kappa shape index (κ3) is 9.16. The average molecular weight is 681 g/mol. The molecule has 4 aromatic rings. The Morgan fingerprint density at radius 2 is 1.29 bits per heavy atom. The molecule has 0 saturated heterocycles. The van der Waals surface area contributed by atoms with E-state index >= 15 is 0 Å². The minimum atomic E-state index is -0.425. The standard InChI is InChI=1S/C43H40N2O6/c1-43(2)29-32(28-36(30-43)38-39(44-51-42(38)48)33-12-6-3-7-13-33)19-18-31-20-22-37(23-21-31)45(24-26-49-40(46)34-14-8-4-9-15-34)25-27-50-41(47)35-16-10-5-11-17-35/h3-23,28H,24-27,29-30H2,1-2H3/b19-18+,38-36-. The fraction of sp³-hybridized carbons (Fsp3) is 0.209. The van der Waals surface area contributed by atoms with Crippen LogP contribution >= 0.6 is 0 Å². The van der Waals surface area contributed by atoms with E-state index in [0.717, 1.165) is 40.8 Å². The second-order valence-electron chi connectivity index (χ2n) is 13.2. The van der Waals surface area contributed by atoms with Crippen LogP contribution in [0.15, 0.2) is 149 Å². The zero-order valence-corrected chi connectivity index (χ0v) is 28.8. The number of hydrogen-bond acceptors (Lipinski definition) is 8. The molecule has 0 saturated carbocycles. The average Bonchev–Trinajstić information content (AvgIpc) is 3.55. The van der Waals surface area contributed by atoms with Gasteiger partial charge in [-0.3, -0.25) is 0 Å². The van der Waals surface area contributed by atoms with Gasteiger partial charge in [0.1, 0.15) is 18.9 Å². The van der Waals surface area contributed by atoms with Crippen LogP contribution in [0.25, 0.3) is 6.08 Å². The summed E-state index contributed by atoms with van der Waals surface area (Å²) >= 11 is 0. The van der Waals surface area contributed by atoms with E-state index in [4.69, 9.17) is 14.3 Å². The van der Waals surface area contributed by atoms with Crippen molar-refractivity contribution in [2.75, 3.05) is 31.2 Å². The highest BCUT2D eigenvalue weighted by Crippen LogP contribution is 2.41. The molecule has 51 heavy (non-hydrogen) atoms. The SMILES string of the molecule is CC1(C)CC(/C=C/c2ccc(N(CCOC(=O)c3ccccc3)CCOC(=O)c3ccccc3)cc2)=CC(=C2/C(=O)ON=C2c2ccccc2)/C1. The molecule has 0 amide bonds. The van der Waals surface area contributed by atoms with Crippen molar-refractivity contribution >= 4 is 35.4 Å². The first-order chi connectivity index (χ1) is 24.8. The second kappa shape index (κ2) is 16.1. The predicted molar refractivity (Wildman–Crippen MR) is 198 cm³/mol. The van der Waals surface area contributed by atoms with Gasteiger partial charge in [0, 0.05) is 11.3 Å². The van der Waals surface area contributed by atoms with Crippen LogP contribution in [0.4, 0.5) is 5.69 Å². The van der Waals surface area contributed by atoms with Crippen LogP contribution in [-0.2, 0) is 19.1 Å². The maximum Gasteiger partial charge on any atom is 0.368 e. The van der Waals surface area contributed by atoms with Crippen LogP contribution in [0.5, 0.6) is 0 Å². The Hall–Kier alpha value is -6.02. The molecule has 6 rings (SSSR count). The molecule has 258 valence electrons. The van der Waals surface area contributed by atoms with Gasteiger partial charge in [0.05, 0.1) is 29.8 Å². The topological polar surface area (TPSA) is 94.5 Å². The molecule has 0 N–H and O–H groups in total. The first-order valence-electron chi connectivity index (χ1n) is 17.0. The van der Waals surface area contributed by atoms with Crippen molar-refractivity contribution in [1.82, 2.24) is 0 Å². The molecular weight excluding hydrogens is 640 g/mol. The molecule has 1 aliphatic carbocycles. The van der Waals surface area contributed by atoms with Crippen molar-refractivity contribution < 1.29 is 28.7 Å². The van der Waals surface area contributed by atoms with Crippen molar-refractivity contribution in [2.45, 2.75) is 26.7 Å². The molecule has 1 heterocycles. The highest BCUT2D eigenvalue weighted by molar-refractivity contribution is 6.29. The van der Waals surface area contributed by atoms with Gasteiger partial charge in [0.15, 0.2) is 0 Å². The molecule has 0 unspecified atom stereocenters. The summed E-state index contributed by atoms with van der Waals surface area (Å²) in [6.07, 6.45) is 7.83. The first-order valence-corrected chi connectivity index (χ1v) is 17.0. The van der Waals surface area contributed by atoms with Gasteiger partial charge in [-0.1, -0.05) is 116 Å². The first kappa shape index (κ1) is 34.8. The van der Waals surface area contributed by atoms with Gasteiger partial charge in [-0.05, 0) is 71.4 Å². The number of nitrogens with zero attached hydrogens (tertiary/aromatic N) is 2. The number of ether oxygens (including phenoxy) is 2. The Labute approximate surface area is 298 Å². The molecular formula is C43H40N2O6. The molecule has 4 aromatic carbocycles. The van der Waals surface area contributed by atoms with Crippen molar-refractivity contribution in [3.05, 3.63) is 166 Å². The van der Waals surface area contributed by atoms with E-state index in [1.165, 1.54) is 0 Å². The van der Waals surface area contributed by atoms with Gasteiger partial charge in [0.2, 0.25) is 0 Å². The maximum atomic E-state index is 12.9. The van der Waals surface area contributed by atoms with Crippen molar-refractivity contribution in [3.8, 4) is 0 Å². The van der Waals surface area contributed by atoms with Gasteiger partial charge in [-0.25, -0.2) is 14.4 Å². The Morgan fingerprint density at radius 3 is 1.86 bits per heavy atom. The third-order valence-electron chi connectivity index (χ3n) is 8.70. The van der Waals surface area contributed by atoms with Gasteiger partial charge < -0.3 is 19.2 Å². The van der Waals surface area contributed by atoms with Crippen LogP contribution in [0, 0.1) is 5.41 Å². The summed E-state index contributed by atoms with van der Waals surface area (Å²) in [4.78, 5) is 45.2. The molecule has 8 nitrogen and oxygen atoms in total. The van der Waals surface area contributed by atoms with Gasteiger partial charge in [0.25, 0.3) is 0 Å². The Morgan fingerprint density at radius 1 is 0.745 bits per heavy atom. The number of carbonyl (C=O) groups excluding carboxylic acids is 3. The van der Waals surface area contributed by atoms with Gasteiger partial charge >= 0.3 is 17.9 Å². The van der Waals surface area contributed by atoms with E-state index in [1.54, 1.807) is 48.5 Å². The van der Waals surface area contributed by atoms with E-state index in [-0.39, 0.29) is 30.6 Å². The van der Waals surface area contributed by atoms with Crippen molar-refractivity contribution in [3.63, 3.8) is 0 Å².